The van der Waals surface area contributed by atoms with Gasteiger partial charge in [0.05, 0.1) is 29.2 Å². The molecule has 0 aliphatic carbocycles. The molecule has 4 aromatic rings. The van der Waals surface area contributed by atoms with Crippen LogP contribution in [-0.4, -0.2) is 63.8 Å². The number of likely N-dealkylation sites (N-methyl/N-ethyl adjacent to an activating group) is 1. The van der Waals surface area contributed by atoms with Crippen molar-refractivity contribution in [2.75, 3.05) is 27.2 Å². The van der Waals surface area contributed by atoms with Crippen LogP contribution in [0, 0.1) is 5.82 Å². The van der Waals surface area contributed by atoms with Gasteiger partial charge in [-0.1, -0.05) is 23.8 Å². The van der Waals surface area contributed by atoms with Crippen LogP contribution in [-0.2, 0) is 17.6 Å². The lowest BCUT2D eigenvalue weighted by Crippen LogP contribution is -2.33. The number of benzene rings is 2. The van der Waals surface area contributed by atoms with E-state index in [1.165, 1.54) is 12.1 Å². The average Bonchev–Trinajstić information content (AvgIpc) is 3.50. The van der Waals surface area contributed by atoms with Gasteiger partial charge >= 0.3 is 0 Å². The molecular weight excluding hydrogens is 471 g/mol. The van der Waals surface area contributed by atoms with Crippen LogP contribution in [0.4, 0.5) is 4.39 Å². The Kier molecular flexibility index (Phi) is 6.71. The number of rotatable bonds is 8. The van der Waals surface area contributed by atoms with E-state index in [1.807, 2.05) is 44.1 Å². The molecule has 8 nitrogen and oxygen atoms in total. The Morgan fingerprint density at radius 3 is 2.70 bits per heavy atom. The number of aromatic nitrogens is 4. The van der Waals surface area contributed by atoms with E-state index in [0.29, 0.717) is 24.1 Å². The van der Waals surface area contributed by atoms with Gasteiger partial charge in [-0.2, -0.15) is 10.2 Å². The number of amides is 1. The Labute approximate surface area is 214 Å². The maximum atomic E-state index is 13.8. The second-order valence-electron chi connectivity index (χ2n) is 9.73. The number of nitrogens with zero attached hydrogens (tertiary/aromatic N) is 4. The van der Waals surface area contributed by atoms with E-state index < -0.39 is 6.04 Å². The van der Waals surface area contributed by atoms with Crippen molar-refractivity contribution in [1.82, 2.24) is 30.2 Å². The Hall–Kier alpha value is -4.11. The van der Waals surface area contributed by atoms with Crippen LogP contribution in [0.1, 0.15) is 40.1 Å². The van der Waals surface area contributed by atoms with Crippen molar-refractivity contribution in [2.24, 2.45) is 0 Å². The van der Waals surface area contributed by atoms with Crippen LogP contribution in [0.25, 0.3) is 10.9 Å². The normalized spacial score (nSPS) is 15.3. The summed E-state index contributed by atoms with van der Waals surface area (Å²) in [5.41, 5.74) is 5.24. The molecular formula is C28H29FN6O2. The predicted octanol–water partition coefficient (Wildman–Crippen LogP) is 3.46. The number of ketones is 1. The third-order valence-corrected chi connectivity index (χ3v) is 6.75. The number of hydrogen-bond donors (Lipinski definition) is 2. The lowest BCUT2D eigenvalue weighted by atomic mass is 9.84. The van der Waals surface area contributed by atoms with E-state index in [1.54, 1.807) is 29.2 Å². The Morgan fingerprint density at radius 1 is 1.16 bits per heavy atom. The molecule has 2 N–H and O–H groups in total. The van der Waals surface area contributed by atoms with Crippen LogP contribution in [0.5, 0.6) is 0 Å². The first-order valence-electron chi connectivity index (χ1n) is 12.2. The van der Waals surface area contributed by atoms with Crippen LogP contribution < -0.4 is 5.32 Å². The molecule has 37 heavy (non-hydrogen) atoms. The van der Waals surface area contributed by atoms with Gasteiger partial charge < -0.3 is 10.2 Å². The van der Waals surface area contributed by atoms with Crippen molar-refractivity contribution in [3.8, 4) is 0 Å². The molecule has 9 heteroatoms. The van der Waals surface area contributed by atoms with Gasteiger partial charge in [-0.3, -0.25) is 19.4 Å². The molecule has 1 amide bonds. The van der Waals surface area contributed by atoms with E-state index in [0.717, 1.165) is 39.8 Å². The molecule has 3 heterocycles. The standard InChI is InChI=1S/C28H29FN6O2/c1-17-12-24-22(28(37)30-10-11-34(2)3)16-32-35(24)27(19-5-7-21(29)8-6-19)26(17)25(36)14-18-4-9-23-20(13-18)15-31-33-23/h4-9,13,15-16,27H,10-12,14H2,1-3H3,(H,30,37)(H,31,33). The van der Waals surface area contributed by atoms with Crippen molar-refractivity contribution >= 4 is 22.6 Å². The zero-order valence-corrected chi connectivity index (χ0v) is 21.1. The lowest BCUT2D eigenvalue weighted by Gasteiger charge is -2.29. The van der Waals surface area contributed by atoms with E-state index >= 15 is 0 Å². The third kappa shape index (κ3) is 4.95. The van der Waals surface area contributed by atoms with Gasteiger partial charge in [-0.15, -0.1) is 0 Å². The molecule has 190 valence electrons. The number of nitrogens with one attached hydrogen (secondary N) is 2. The molecule has 5 rings (SSSR count). The topological polar surface area (TPSA) is 95.9 Å². The van der Waals surface area contributed by atoms with E-state index in [4.69, 9.17) is 0 Å². The molecule has 0 saturated carbocycles. The second kappa shape index (κ2) is 10.1. The maximum Gasteiger partial charge on any atom is 0.254 e. The molecule has 2 aromatic carbocycles. The zero-order chi connectivity index (χ0) is 26.1. The summed E-state index contributed by atoms with van der Waals surface area (Å²) in [6.07, 6.45) is 3.93. The SMILES string of the molecule is CC1=C(C(=O)Cc2ccc3[nH]ncc3c2)C(c2ccc(F)cc2)n2ncc(C(=O)NCCN(C)C)c2C1. The summed E-state index contributed by atoms with van der Waals surface area (Å²) in [5, 5.41) is 15.4. The number of H-pyrrole nitrogens is 1. The Bertz CT molecular complexity index is 1500. The number of aromatic amines is 1. The maximum absolute atomic E-state index is 13.8. The molecule has 0 fully saturated rings. The van der Waals surface area contributed by atoms with E-state index in [-0.39, 0.29) is 23.9 Å². The molecule has 0 spiro atoms. The minimum atomic E-state index is -0.558. The summed E-state index contributed by atoms with van der Waals surface area (Å²) in [5.74, 6) is -0.590. The molecule has 0 saturated heterocycles. The number of carbonyl (C=O) groups is 2. The quantitative estimate of drug-likeness (QED) is 0.386. The zero-order valence-electron chi connectivity index (χ0n) is 21.1. The first-order valence-corrected chi connectivity index (χ1v) is 12.2. The van der Waals surface area contributed by atoms with Gasteiger partial charge in [0.15, 0.2) is 5.78 Å². The summed E-state index contributed by atoms with van der Waals surface area (Å²) in [6.45, 7) is 3.15. The average molecular weight is 501 g/mol. The highest BCUT2D eigenvalue weighted by molar-refractivity contribution is 6.00. The number of fused-ring (bicyclic) bond motifs is 2. The first-order chi connectivity index (χ1) is 17.8. The van der Waals surface area contributed by atoms with Gasteiger partial charge in [-0.25, -0.2) is 4.39 Å². The predicted molar refractivity (Wildman–Crippen MR) is 139 cm³/mol. The summed E-state index contributed by atoms with van der Waals surface area (Å²) < 4.78 is 15.5. The summed E-state index contributed by atoms with van der Waals surface area (Å²) in [7, 11) is 3.89. The molecule has 1 atom stereocenters. The van der Waals surface area contributed by atoms with Crippen molar-refractivity contribution in [3.05, 3.63) is 94.2 Å². The fourth-order valence-electron chi connectivity index (χ4n) is 4.89. The summed E-state index contributed by atoms with van der Waals surface area (Å²) >= 11 is 0. The largest absolute Gasteiger partial charge is 0.351 e. The van der Waals surface area contributed by atoms with Crippen molar-refractivity contribution in [2.45, 2.75) is 25.8 Å². The fraction of sp³-hybridized carbons (Fsp3) is 0.286. The minimum Gasteiger partial charge on any atom is -0.351 e. The number of hydrogen-bond acceptors (Lipinski definition) is 5. The summed E-state index contributed by atoms with van der Waals surface area (Å²) in [6, 6.07) is 11.3. The Morgan fingerprint density at radius 2 is 1.95 bits per heavy atom. The van der Waals surface area contributed by atoms with Crippen LogP contribution >= 0.6 is 0 Å². The van der Waals surface area contributed by atoms with Gasteiger partial charge in [-0.05, 0) is 56.4 Å². The monoisotopic (exact) mass is 500 g/mol. The fourth-order valence-corrected chi connectivity index (χ4v) is 4.89. The van der Waals surface area contributed by atoms with E-state index in [9.17, 15) is 14.0 Å². The van der Waals surface area contributed by atoms with Gasteiger partial charge in [0.1, 0.15) is 11.9 Å². The van der Waals surface area contributed by atoms with Crippen LogP contribution in [0.15, 0.2) is 66.0 Å². The molecule has 2 aromatic heterocycles. The van der Waals surface area contributed by atoms with Crippen molar-refractivity contribution < 1.29 is 14.0 Å². The lowest BCUT2D eigenvalue weighted by molar-refractivity contribution is -0.115. The number of halogens is 1. The molecule has 1 aliphatic rings. The van der Waals surface area contributed by atoms with E-state index in [2.05, 4.69) is 20.6 Å². The van der Waals surface area contributed by atoms with Crippen molar-refractivity contribution in [3.63, 3.8) is 0 Å². The number of carbonyl (C=O) groups excluding carboxylic acids is 2. The van der Waals surface area contributed by atoms with Crippen LogP contribution in [0.2, 0.25) is 0 Å². The third-order valence-electron chi connectivity index (χ3n) is 6.75. The number of allylic oxidation sites excluding steroid dienone is 2. The molecule has 1 aliphatic heterocycles. The van der Waals surface area contributed by atoms with Gasteiger partial charge in [0.25, 0.3) is 5.91 Å². The van der Waals surface area contributed by atoms with Crippen LogP contribution in [0.3, 0.4) is 0 Å². The number of Topliss-reactive ketones (excluding diaryl/α,β-unsaturated/α-hetero) is 1. The molecule has 1 unspecified atom stereocenters. The van der Waals surface area contributed by atoms with Gasteiger partial charge in [0, 0.05) is 36.9 Å². The smallest absolute Gasteiger partial charge is 0.254 e. The second-order valence-corrected chi connectivity index (χ2v) is 9.73. The first kappa shape index (κ1) is 24.6. The van der Waals surface area contributed by atoms with Crippen molar-refractivity contribution in [1.29, 1.82) is 0 Å². The molecule has 0 radical (unpaired) electrons. The highest BCUT2D eigenvalue weighted by atomic mass is 19.1. The Balaban J connectivity index is 1.50. The highest BCUT2D eigenvalue weighted by Gasteiger charge is 2.34. The minimum absolute atomic E-state index is 0.0344. The van der Waals surface area contributed by atoms with Gasteiger partial charge in [0.2, 0.25) is 0 Å². The molecule has 0 bridgehead atoms. The summed E-state index contributed by atoms with van der Waals surface area (Å²) in [4.78, 5) is 28.7. The highest BCUT2D eigenvalue weighted by Crippen LogP contribution is 2.37.